The van der Waals surface area contributed by atoms with Crippen LogP contribution >= 0.6 is 11.3 Å². The summed E-state index contributed by atoms with van der Waals surface area (Å²) in [7, 11) is 0. The van der Waals surface area contributed by atoms with Gasteiger partial charge in [0.25, 0.3) is 0 Å². The molecule has 1 aromatic carbocycles. The fourth-order valence-corrected chi connectivity index (χ4v) is 3.08. The van der Waals surface area contributed by atoms with E-state index in [1.54, 1.807) is 4.57 Å². The minimum atomic E-state index is 0.0301. The number of aryl methyl sites for hydroxylation is 1. The number of ketones is 1. The van der Waals surface area contributed by atoms with Crippen molar-refractivity contribution < 1.29 is 4.79 Å². The second-order valence-corrected chi connectivity index (χ2v) is 5.73. The molecule has 0 radical (unpaired) electrons. The van der Waals surface area contributed by atoms with Gasteiger partial charge in [0, 0.05) is 19.4 Å². The summed E-state index contributed by atoms with van der Waals surface area (Å²) >= 11 is 1.25. The number of nitrogens with zero attached hydrogens (tertiary/aromatic N) is 1. The van der Waals surface area contributed by atoms with Gasteiger partial charge in [-0.15, -0.1) is 0 Å². The molecule has 0 fully saturated rings. The van der Waals surface area contributed by atoms with Crippen LogP contribution < -0.4 is 4.87 Å². The Labute approximate surface area is 116 Å². The first-order valence-electron chi connectivity index (χ1n) is 6.82. The summed E-state index contributed by atoms with van der Waals surface area (Å²) < 4.78 is 2.71. The third-order valence-corrected chi connectivity index (χ3v) is 4.21. The number of hydrogen-bond donors (Lipinski definition) is 0. The molecular weight excluding hydrogens is 258 g/mol. The molecule has 0 N–H and O–H groups in total. The summed E-state index contributed by atoms with van der Waals surface area (Å²) in [5.74, 6) is 0.260. The van der Waals surface area contributed by atoms with Crippen LogP contribution in [0.3, 0.4) is 0 Å². The predicted molar refractivity (Wildman–Crippen MR) is 79.9 cm³/mol. The van der Waals surface area contributed by atoms with Crippen molar-refractivity contribution in [3.63, 3.8) is 0 Å². The van der Waals surface area contributed by atoms with Gasteiger partial charge in [0.15, 0.2) is 0 Å². The molecule has 2 rings (SSSR count). The molecule has 102 valence electrons. The van der Waals surface area contributed by atoms with Crippen molar-refractivity contribution >= 4 is 27.3 Å². The lowest BCUT2D eigenvalue weighted by molar-refractivity contribution is -0.119. The molecule has 0 aliphatic carbocycles. The van der Waals surface area contributed by atoms with Gasteiger partial charge in [-0.2, -0.15) is 0 Å². The van der Waals surface area contributed by atoms with Gasteiger partial charge in [0.2, 0.25) is 0 Å². The number of carbonyl (C=O) groups excluding carboxylic acids is 1. The Morgan fingerprint density at radius 1 is 1.21 bits per heavy atom. The van der Waals surface area contributed by atoms with Gasteiger partial charge >= 0.3 is 4.87 Å². The van der Waals surface area contributed by atoms with Crippen molar-refractivity contribution in [1.29, 1.82) is 0 Å². The van der Waals surface area contributed by atoms with E-state index in [-0.39, 0.29) is 10.7 Å². The van der Waals surface area contributed by atoms with E-state index in [0.29, 0.717) is 19.4 Å². The van der Waals surface area contributed by atoms with Gasteiger partial charge in [-0.1, -0.05) is 43.2 Å². The fraction of sp³-hybridized carbons (Fsp3) is 0.467. The molecule has 0 aliphatic rings. The molecule has 2 aromatic rings. The summed E-state index contributed by atoms with van der Waals surface area (Å²) in [5.41, 5.74) is 0.943. The van der Waals surface area contributed by atoms with E-state index in [0.717, 1.165) is 29.5 Å². The van der Waals surface area contributed by atoms with Crippen LogP contribution in [0, 0.1) is 0 Å². The summed E-state index contributed by atoms with van der Waals surface area (Å²) in [6.45, 7) is 2.63. The Morgan fingerprint density at radius 3 is 2.79 bits per heavy atom. The zero-order valence-corrected chi connectivity index (χ0v) is 12.0. The Hall–Kier alpha value is -1.42. The molecule has 0 unspecified atom stereocenters. The number of hydrogen-bond acceptors (Lipinski definition) is 3. The Kier molecular flexibility index (Phi) is 4.91. The number of Topliss-reactive ketones (excluding diaryl/α,β-unsaturated/α-hetero) is 1. The Balaban J connectivity index is 2.00. The van der Waals surface area contributed by atoms with Crippen LogP contribution in [-0.2, 0) is 11.3 Å². The van der Waals surface area contributed by atoms with Crippen LogP contribution in [-0.4, -0.2) is 10.4 Å². The summed E-state index contributed by atoms with van der Waals surface area (Å²) in [4.78, 5) is 23.7. The van der Waals surface area contributed by atoms with E-state index in [1.165, 1.54) is 11.3 Å². The lowest BCUT2D eigenvalue weighted by Gasteiger charge is -2.03. The fourth-order valence-electron chi connectivity index (χ4n) is 2.16. The average Bonchev–Trinajstić information content (AvgIpc) is 2.72. The van der Waals surface area contributed by atoms with Gasteiger partial charge < -0.3 is 0 Å². The first-order valence-corrected chi connectivity index (χ1v) is 7.64. The molecule has 0 bridgehead atoms. The minimum absolute atomic E-state index is 0.0301. The molecule has 0 amide bonds. The lowest BCUT2D eigenvalue weighted by atomic mass is 10.1. The maximum Gasteiger partial charge on any atom is 0.308 e. The third-order valence-electron chi connectivity index (χ3n) is 3.25. The molecule has 0 spiro atoms. The van der Waals surface area contributed by atoms with Crippen LogP contribution in [0.2, 0.25) is 0 Å². The first-order chi connectivity index (χ1) is 9.22. The molecule has 0 aliphatic heterocycles. The monoisotopic (exact) mass is 277 g/mol. The quantitative estimate of drug-likeness (QED) is 0.725. The van der Waals surface area contributed by atoms with Crippen molar-refractivity contribution in [3.05, 3.63) is 33.9 Å². The molecule has 4 heteroatoms. The Morgan fingerprint density at radius 2 is 2.00 bits per heavy atom. The van der Waals surface area contributed by atoms with Crippen molar-refractivity contribution in [2.24, 2.45) is 0 Å². The van der Waals surface area contributed by atoms with Crippen molar-refractivity contribution in [2.75, 3.05) is 0 Å². The topological polar surface area (TPSA) is 39.1 Å². The van der Waals surface area contributed by atoms with Crippen molar-refractivity contribution in [2.45, 2.75) is 45.6 Å². The second kappa shape index (κ2) is 6.66. The average molecular weight is 277 g/mol. The maximum atomic E-state index is 11.9. The van der Waals surface area contributed by atoms with E-state index in [2.05, 4.69) is 6.92 Å². The Bertz CT molecular complexity index is 612. The highest BCUT2D eigenvalue weighted by Crippen LogP contribution is 2.16. The molecule has 1 aromatic heterocycles. The van der Waals surface area contributed by atoms with E-state index >= 15 is 0 Å². The molecule has 19 heavy (non-hydrogen) atoms. The number of para-hydroxylation sites is 1. The SMILES string of the molecule is CCCCCC(=O)CCn1c(=O)sc2ccccc21. The van der Waals surface area contributed by atoms with Crippen molar-refractivity contribution in [1.82, 2.24) is 4.57 Å². The van der Waals surface area contributed by atoms with E-state index < -0.39 is 0 Å². The lowest BCUT2D eigenvalue weighted by Crippen LogP contribution is -2.15. The third kappa shape index (κ3) is 3.53. The van der Waals surface area contributed by atoms with Gasteiger partial charge in [0.05, 0.1) is 10.2 Å². The number of fused-ring (bicyclic) bond motifs is 1. The summed E-state index contributed by atoms with van der Waals surface area (Å²) in [5, 5.41) is 0. The smallest absolute Gasteiger partial charge is 0.300 e. The number of carbonyl (C=O) groups is 1. The zero-order valence-electron chi connectivity index (χ0n) is 11.2. The number of rotatable bonds is 7. The molecule has 1 heterocycles. The van der Waals surface area contributed by atoms with E-state index in [4.69, 9.17) is 0 Å². The predicted octanol–water partition coefficient (Wildman–Crippen LogP) is 3.60. The standard InChI is InChI=1S/C15H19NO2S/c1-2-3-4-7-12(17)10-11-16-13-8-5-6-9-14(13)19-15(16)18/h5-6,8-9H,2-4,7,10-11H2,1H3. The maximum absolute atomic E-state index is 11.9. The van der Waals surface area contributed by atoms with Gasteiger partial charge in [-0.3, -0.25) is 14.2 Å². The first kappa shape index (κ1) is 14.0. The number of aromatic nitrogens is 1. The molecule has 0 saturated carbocycles. The van der Waals surface area contributed by atoms with Gasteiger partial charge in [-0.05, 0) is 18.6 Å². The highest BCUT2D eigenvalue weighted by molar-refractivity contribution is 7.16. The molecule has 0 saturated heterocycles. The molecule has 0 atom stereocenters. The minimum Gasteiger partial charge on any atom is -0.300 e. The zero-order chi connectivity index (χ0) is 13.7. The number of benzene rings is 1. The van der Waals surface area contributed by atoms with Crippen molar-refractivity contribution in [3.8, 4) is 0 Å². The number of unbranched alkanes of at least 4 members (excludes halogenated alkanes) is 2. The van der Waals surface area contributed by atoms with E-state index in [1.807, 2.05) is 24.3 Å². The van der Waals surface area contributed by atoms with Gasteiger partial charge in [0.1, 0.15) is 5.78 Å². The van der Waals surface area contributed by atoms with Crippen LogP contribution in [0.25, 0.3) is 10.2 Å². The normalized spacial score (nSPS) is 11.0. The second-order valence-electron chi connectivity index (χ2n) is 4.73. The molecule has 3 nitrogen and oxygen atoms in total. The van der Waals surface area contributed by atoms with Crippen LogP contribution in [0.1, 0.15) is 39.0 Å². The number of thiazole rings is 1. The molecular formula is C15H19NO2S. The van der Waals surface area contributed by atoms with Gasteiger partial charge in [-0.25, -0.2) is 0 Å². The van der Waals surface area contributed by atoms with Crippen LogP contribution in [0.15, 0.2) is 29.1 Å². The van der Waals surface area contributed by atoms with Crippen LogP contribution in [0.4, 0.5) is 0 Å². The van der Waals surface area contributed by atoms with E-state index in [9.17, 15) is 9.59 Å². The highest BCUT2D eigenvalue weighted by Gasteiger charge is 2.08. The van der Waals surface area contributed by atoms with Crippen LogP contribution in [0.5, 0.6) is 0 Å². The largest absolute Gasteiger partial charge is 0.308 e. The summed E-state index contributed by atoms with van der Waals surface area (Å²) in [6, 6.07) is 7.74. The highest BCUT2D eigenvalue weighted by atomic mass is 32.1. The summed E-state index contributed by atoms with van der Waals surface area (Å²) in [6.07, 6.45) is 4.30.